The van der Waals surface area contributed by atoms with Crippen molar-refractivity contribution in [3.05, 3.63) is 94.8 Å². The Morgan fingerprint density at radius 1 is 0.895 bits per heavy atom. The van der Waals surface area contributed by atoms with Gasteiger partial charge in [0.05, 0.1) is 12.3 Å². The smallest absolute Gasteiger partial charge is 0.335 e. The fourth-order valence-electron chi connectivity index (χ4n) is 3.91. The fourth-order valence-corrected chi connectivity index (χ4v) is 3.91. The minimum Gasteiger partial charge on any atom is -0.490 e. The van der Waals surface area contributed by atoms with Gasteiger partial charge in [0, 0.05) is 0 Å². The van der Waals surface area contributed by atoms with E-state index in [1.807, 2.05) is 19.1 Å². The van der Waals surface area contributed by atoms with Crippen molar-refractivity contribution >= 4 is 29.6 Å². The minimum absolute atomic E-state index is 0.0963. The summed E-state index contributed by atoms with van der Waals surface area (Å²) in [5, 5.41) is 2.24. The molecule has 0 saturated carbocycles. The lowest BCUT2D eigenvalue weighted by molar-refractivity contribution is -0.122. The number of halogens is 1. The van der Waals surface area contributed by atoms with Gasteiger partial charge in [-0.1, -0.05) is 51.1 Å². The molecule has 4 rings (SSSR count). The molecule has 1 fully saturated rings. The summed E-state index contributed by atoms with van der Waals surface area (Å²) in [7, 11) is 0. The molecule has 0 radical (unpaired) electrons. The van der Waals surface area contributed by atoms with Gasteiger partial charge in [-0.05, 0) is 71.5 Å². The molecule has 196 valence electrons. The van der Waals surface area contributed by atoms with Crippen LogP contribution in [0.5, 0.6) is 11.5 Å². The SMILES string of the molecule is CCOc1cc(C=C2C(=O)NC(=O)N(c3ccc(C(C)(C)C)cc3)C2=O)ccc1OCc1ccc(F)cc1. The number of imide groups is 2. The van der Waals surface area contributed by atoms with Crippen molar-refractivity contribution in [2.75, 3.05) is 11.5 Å². The maximum Gasteiger partial charge on any atom is 0.335 e. The van der Waals surface area contributed by atoms with E-state index in [2.05, 4.69) is 26.1 Å². The van der Waals surface area contributed by atoms with E-state index in [9.17, 15) is 18.8 Å². The fraction of sp³-hybridized carbons (Fsp3) is 0.233. The van der Waals surface area contributed by atoms with Gasteiger partial charge in [0.1, 0.15) is 18.0 Å². The molecule has 1 aliphatic heterocycles. The summed E-state index contributed by atoms with van der Waals surface area (Å²) in [6.07, 6.45) is 1.41. The Morgan fingerprint density at radius 2 is 1.58 bits per heavy atom. The van der Waals surface area contributed by atoms with Crippen LogP contribution in [0.3, 0.4) is 0 Å². The van der Waals surface area contributed by atoms with Crippen molar-refractivity contribution in [1.29, 1.82) is 0 Å². The highest BCUT2D eigenvalue weighted by molar-refractivity contribution is 6.39. The molecule has 1 aliphatic rings. The van der Waals surface area contributed by atoms with Crippen LogP contribution in [0.1, 0.15) is 44.4 Å². The minimum atomic E-state index is -0.805. The van der Waals surface area contributed by atoms with Crippen molar-refractivity contribution in [2.45, 2.75) is 39.7 Å². The molecule has 0 aliphatic carbocycles. The van der Waals surface area contributed by atoms with Crippen LogP contribution in [0, 0.1) is 5.82 Å². The van der Waals surface area contributed by atoms with Crippen LogP contribution in [0.25, 0.3) is 6.08 Å². The number of hydrogen-bond donors (Lipinski definition) is 1. The highest BCUT2D eigenvalue weighted by Gasteiger charge is 2.37. The van der Waals surface area contributed by atoms with E-state index >= 15 is 0 Å². The molecule has 4 amide bonds. The number of ether oxygens (including phenoxy) is 2. The molecule has 0 unspecified atom stereocenters. The predicted octanol–water partition coefficient (Wildman–Crippen LogP) is 5.77. The lowest BCUT2D eigenvalue weighted by atomic mass is 9.87. The number of amides is 4. The number of carbonyl (C=O) groups excluding carboxylic acids is 3. The Morgan fingerprint density at radius 3 is 2.21 bits per heavy atom. The van der Waals surface area contributed by atoms with Gasteiger partial charge in [-0.3, -0.25) is 14.9 Å². The maximum atomic E-state index is 13.3. The molecule has 1 N–H and O–H groups in total. The van der Waals surface area contributed by atoms with Crippen LogP contribution < -0.4 is 19.7 Å². The zero-order valence-corrected chi connectivity index (χ0v) is 21.7. The van der Waals surface area contributed by atoms with E-state index in [1.54, 1.807) is 42.5 Å². The van der Waals surface area contributed by atoms with Gasteiger partial charge >= 0.3 is 6.03 Å². The molecule has 1 heterocycles. The van der Waals surface area contributed by atoms with Crippen molar-refractivity contribution in [1.82, 2.24) is 5.32 Å². The molecule has 0 aromatic heterocycles. The standard InChI is InChI=1S/C30H29FN2O5/c1-5-37-26-17-20(8-15-25(26)38-18-19-6-11-22(31)12-7-19)16-24-27(34)32-29(36)33(28(24)35)23-13-9-21(10-14-23)30(2,3)4/h6-17H,5,18H2,1-4H3,(H,32,34,36). The van der Waals surface area contributed by atoms with Crippen LogP contribution in [0.4, 0.5) is 14.9 Å². The highest BCUT2D eigenvalue weighted by atomic mass is 19.1. The summed E-state index contributed by atoms with van der Waals surface area (Å²) in [4.78, 5) is 39.4. The van der Waals surface area contributed by atoms with Gasteiger partial charge in [-0.25, -0.2) is 14.1 Å². The molecular weight excluding hydrogens is 487 g/mol. The summed E-state index contributed by atoms with van der Waals surface area (Å²) in [5.74, 6) is -0.967. The highest BCUT2D eigenvalue weighted by Crippen LogP contribution is 2.31. The third-order valence-corrected chi connectivity index (χ3v) is 5.98. The summed E-state index contributed by atoms with van der Waals surface area (Å²) >= 11 is 0. The average Bonchev–Trinajstić information content (AvgIpc) is 2.87. The van der Waals surface area contributed by atoms with Gasteiger partial charge < -0.3 is 9.47 Å². The second-order valence-corrected chi connectivity index (χ2v) is 9.81. The van der Waals surface area contributed by atoms with Crippen LogP contribution >= 0.6 is 0 Å². The number of nitrogens with zero attached hydrogens (tertiary/aromatic N) is 1. The largest absolute Gasteiger partial charge is 0.490 e. The molecule has 0 bridgehead atoms. The normalized spacial score (nSPS) is 15.0. The Bertz CT molecular complexity index is 1390. The number of benzene rings is 3. The number of anilines is 1. The molecule has 3 aromatic rings. The van der Waals surface area contributed by atoms with Crippen LogP contribution in [0.15, 0.2) is 72.3 Å². The van der Waals surface area contributed by atoms with E-state index in [4.69, 9.17) is 9.47 Å². The average molecular weight is 517 g/mol. The number of urea groups is 1. The van der Waals surface area contributed by atoms with Gasteiger partial charge in [0.25, 0.3) is 11.8 Å². The molecular formula is C30H29FN2O5. The number of barbiturate groups is 1. The maximum absolute atomic E-state index is 13.3. The van der Waals surface area contributed by atoms with Gasteiger partial charge in [0.15, 0.2) is 11.5 Å². The molecule has 7 nitrogen and oxygen atoms in total. The number of hydrogen-bond acceptors (Lipinski definition) is 5. The van der Waals surface area contributed by atoms with Crippen LogP contribution in [0.2, 0.25) is 0 Å². The molecule has 0 spiro atoms. The zero-order valence-electron chi connectivity index (χ0n) is 21.7. The first kappa shape index (κ1) is 26.6. The Labute approximate surface area is 220 Å². The summed E-state index contributed by atoms with van der Waals surface area (Å²) < 4.78 is 24.7. The number of nitrogens with one attached hydrogen (secondary N) is 1. The lowest BCUT2D eigenvalue weighted by Crippen LogP contribution is -2.54. The predicted molar refractivity (Wildman–Crippen MR) is 142 cm³/mol. The first-order chi connectivity index (χ1) is 18.1. The van der Waals surface area contributed by atoms with E-state index in [0.29, 0.717) is 29.4 Å². The molecule has 1 saturated heterocycles. The Hall–Kier alpha value is -4.46. The zero-order chi connectivity index (χ0) is 27.4. The quantitative estimate of drug-likeness (QED) is 0.319. The van der Waals surface area contributed by atoms with E-state index in [0.717, 1.165) is 16.0 Å². The third kappa shape index (κ3) is 5.91. The second kappa shape index (κ2) is 10.9. The van der Waals surface area contributed by atoms with E-state index in [1.165, 1.54) is 18.2 Å². The molecule has 3 aromatic carbocycles. The summed E-state index contributed by atoms with van der Waals surface area (Å²) in [6, 6.07) is 17.2. The lowest BCUT2D eigenvalue weighted by Gasteiger charge is -2.27. The number of rotatable bonds is 7. The van der Waals surface area contributed by atoms with E-state index < -0.39 is 17.8 Å². The van der Waals surface area contributed by atoms with Crippen molar-refractivity contribution < 1.29 is 28.2 Å². The van der Waals surface area contributed by atoms with Crippen molar-refractivity contribution in [3.8, 4) is 11.5 Å². The third-order valence-electron chi connectivity index (χ3n) is 5.98. The second-order valence-electron chi connectivity index (χ2n) is 9.81. The van der Waals surface area contributed by atoms with E-state index in [-0.39, 0.29) is 23.4 Å². The summed E-state index contributed by atoms with van der Waals surface area (Å²) in [5.41, 5.74) is 2.41. The van der Waals surface area contributed by atoms with Crippen LogP contribution in [-0.4, -0.2) is 24.5 Å². The molecule has 0 atom stereocenters. The van der Waals surface area contributed by atoms with Crippen molar-refractivity contribution in [3.63, 3.8) is 0 Å². The Balaban J connectivity index is 1.59. The topological polar surface area (TPSA) is 84.9 Å². The first-order valence-electron chi connectivity index (χ1n) is 12.2. The van der Waals surface area contributed by atoms with Gasteiger partial charge in [-0.2, -0.15) is 0 Å². The Kier molecular flexibility index (Phi) is 7.62. The van der Waals surface area contributed by atoms with Crippen LogP contribution in [-0.2, 0) is 21.6 Å². The first-order valence-corrected chi connectivity index (χ1v) is 12.2. The molecule has 8 heteroatoms. The molecule has 38 heavy (non-hydrogen) atoms. The number of carbonyl (C=O) groups is 3. The summed E-state index contributed by atoms with van der Waals surface area (Å²) in [6.45, 7) is 8.58. The monoisotopic (exact) mass is 516 g/mol. The van der Waals surface area contributed by atoms with Gasteiger partial charge in [-0.15, -0.1) is 0 Å². The van der Waals surface area contributed by atoms with Gasteiger partial charge in [0.2, 0.25) is 0 Å². The van der Waals surface area contributed by atoms with Crippen molar-refractivity contribution in [2.24, 2.45) is 0 Å².